The van der Waals surface area contributed by atoms with Crippen LogP contribution in [0.25, 0.3) is 0 Å². The average molecular weight is 430 g/mol. The van der Waals surface area contributed by atoms with Gasteiger partial charge in [-0.05, 0) is 24.3 Å². The average Bonchev–Trinajstić information content (AvgIpc) is 3.18. The fraction of sp³-hybridized carbons (Fsp3) is 0.333. The van der Waals surface area contributed by atoms with E-state index in [1.54, 1.807) is 30.9 Å². The molecule has 2 aromatic carbocycles. The van der Waals surface area contributed by atoms with Crippen LogP contribution >= 0.6 is 11.8 Å². The summed E-state index contributed by atoms with van der Waals surface area (Å²) >= 11 is 1.61. The second-order valence-electron chi connectivity index (χ2n) is 7.29. The fourth-order valence-corrected chi connectivity index (χ4v) is 4.84. The Bertz CT molecular complexity index is 957. The Morgan fingerprint density at radius 1 is 1.23 bits per heavy atom. The highest BCUT2D eigenvalue weighted by molar-refractivity contribution is 8.00. The third kappa shape index (κ3) is 4.43. The van der Waals surface area contributed by atoms with Gasteiger partial charge in [0.15, 0.2) is 0 Å². The Morgan fingerprint density at radius 2 is 2.07 bits per heavy atom. The Morgan fingerprint density at radius 3 is 2.87 bits per heavy atom. The van der Waals surface area contributed by atoms with E-state index < -0.39 is 6.04 Å². The highest BCUT2D eigenvalue weighted by Crippen LogP contribution is 2.31. The largest absolute Gasteiger partial charge is 0.357 e. The molecule has 2 amide bonds. The van der Waals surface area contributed by atoms with Gasteiger partial charge in [-0.25, -0.2) is 9.82 Å². The minimum absolute atomic E-state index is 0.0893. The van der Waals surface area contributed by atoms with Crippen LogP contribution in [-0.2, 0) is 16.1 Å². The van der Waals surface area contributed by atoms with Crippen LogP contribution in [0.15, 0.2) is 42.5 Å². The summed E-state index contributed by atoms with van der Waals surface area (Å²) < 4.78 is 14.0. The molecule has 30 heavy (non-hydrogen) atoms. The maximum atomic E-state index is 14.0. The van der Waals surface area contributed by atoms with E-state index in [2.05, 4.69) is 26.4 Å². The number of benzene rings is 2. The van der Waals surface area contributed by atoms with Gasteiger partial charge in [0.05, 0.1) is 10.9 Å². The van der Waals surface area contributed by atoms with E-state index in [-0.39, 0.29) is 22.9 Å². The summed E-state index contributed by atoms with van der Waals surface area (Å²) in [5.41, 5.74) is 8.79. The lowest BCUT2D eigenvalue weighted by atomic mass is 10.1. The first-order valence-corrected chi connectivity index (χ1v) is 10.9. The SMILES string of the molecule is CNC(=O)C1NNc2ccc(NC(=O)C3CN(Cc4ccccc4F)CCS3)cc21. The number of halogens is 1. The summed E-state index contributed by atoms with van der Waals surface area (Å²) in [5.74, 6) is 0.344. The van der Waals surface area contributed by atoms with Gasteiger partial charge in [0.1, 0.15) is 11.9 Å². The number of nitrogens with zero attached hydrogens (tertiary/aromatic N) is 1. The van der Waals surface area contributed by atoms with Crippen molar-refractivity contribution >= 4 is 35.0 Å². The van der Waals surface area contributed by atoms with Gasteiger partial charge in [0.25, 0.3) is 0 Å². The van der Waals surface area contributed by atoms with E-state index in [1.165, 1.54) is 6.07 Å². The highest BCUT2D eigenvalue weighted by Gasteiger charge is 2.30. The molecule has 0 bridgehead atoms. The molecular weight excluding hydrogens is 405 g/mol. The number of anilines is 2. The van der Waals surface area contributed by atoms with E-state index in [9.17, 15) is 14.0 Å². The molecule has 2 unspecified atom stereocenters. The zero-order chi connectivity index (χ0) is 21.1. The van der Waals surface area contributed by atoms with Crippen LogP contribution in [-0.4, -0.2) is 47.9 Å². The van der Waals surface area contributed by atoms with Crippen molar-refractivity contribution in [3.63, 3.8) is 0 Å². The highest BCUT2D eigenvalue weighted by atomic mass is 32.2. The van der Waals surface area contributed by atoms with Crippen LogP contribution in [0, 0.1) is 5.82 Å². The van der Waals surface area contributed by atoms with Gasteiger partial charge in [-0.1, -0.05) is 18.2 Å². The van der Waals surface area contributed by atoms with Crippen LogP contribution in [0.2, 0.25) is 0 Å². The molecule has 2 aliphatic heterocycles. The van der Waals surface area contributed by atoms with Gasteiger partial charge in [-0.15, -0.1) is 11.8 Å². The molecule has 2 atom stereocenters. The van der Waals surface area contributed by atoms with Gasteiger partial charge in [-0.2, -0.15) is 0 Å². The first-order valence-electron chi connectivity index (χ1n) is 9.80. The molecule has 158 valence electrons. The van der Waals surface area contributed by atoms with Crippen LogP contribution in [0.5, 0.6) is 0 Å². The molecule has 0 aromatic heterocycles. The summed E-state index contributed by atoms with van der Waals surface area (Å²) in [4.78, 5) is 27.0. The molecule has 7 nitrogen and oxygen atoms in total. The van der Waals surface area contributed by atoms with Crippen molar-refractivity contribution < 1.29 is 14.0 Å². The number of carbonyl (C=O) groups is 2. The minimum atomic E-state index is -0.512. The Balaban J connectivity index is 1.40. The van der Waals surface area contributed by atoms with Gasteiger partial charge < -0.3 is 16.1 Å². The zero-order valence-corrected chi connectivity index (χ0v) is 17.4. The van der Waals surface area contributed by atoms with Crippen molar-refractivity contribution in [1.82, 2.24) is 15.6 Å². The number of thioether (sulfide) groups is 1. The summed E-state index contributed by atoms with van der Waals surface area (Å²) in [6.45, 7) is 1.85. The number of rotatable bonds is 5. The normalized spacial score (nSPS) is 20.9. The lowest BCUT2D eigenvalue weighted by molar-refractivity contribution is -0.122. The molecule has 0 aliphatic carbocycles. The molecule has 1 saturated heterocycles. The van der Waals surface area contributed by atoms with E-state index in [4.69, 9.17) is 0 Å². The maximum absolute atomic E-state index is 14.0. The molecule has 1 fully saturated rings. The molecule has 2 aliphatic rings. The number of hydrogen-bond donors (Lipinski definition) is 4. The molecule has 2 aromatic rings. The molecular formula is C21H24FN5O2S. The second-order valence-corrected chi connectivity index (χ2v) is 8.60. The van der Waals surface area contributed by atoms with Crippen molar-refractivity contribution in [1.29, 1.82) is 0 Å². The number of fused-ring (bicyclic) bond motifs is 1. The minimum Gasteiger partial charge on any atom is -0.357 e. The standard InChI is InChI=1S/C21H24FN5O2S/c1-23-21(29)19-15-10-14(6-7-17(15)25-26-19)24-20(28)18-12-27(8-9-30-18)11-13-4-2-3-5-16(13)22/h2-7,10,18-19,25-26H,8-9,11-12H2,1H3,(H,23,29)(H,24,28). The topological polar surface area (TPSA) is 85.5 Å². The number of amides is 2. The van der Waals surface area contributed by atoms with E-state index in [0.717, 1.165) is 23.5 Å². The van der Waals surface area contributed by atoms with Crippen LogP contribution in [0.4, 0.5) is 15.8 Å². The van der Waals surface area contributed by atoms with Crippen molar-refractivity contribution in [2.24, 2.45) is 0 Å². The quantitative estimate of drug-likeness (QED) is 0.583. The van der Waals surface area contributed by atoms with Gasteiger partial charge >= 0.3 is 0 Å². The van der Waals surface area contributed by atoms with Crippen LogP contribution in [0.1, 0.15) is 17.2 Å². The summed E-state index contributed by atoms with van der Waals surface area (Å²) in [6, 6.07) is 11.7. The van der Waals surface area contributed by atoms with Gasteiger partial charge in [-0.3, -0.25) is 14.5 Å². The number of hydrogen-bond acceptors (Lipinski definition) is 6. The molecule has 2 heterocycles. The molecule has 4 rings (SSSR count). The number of nitrogens with one attached hydrogen (secondary N) is 4. The first kappa shape index (κ1) is 20.6. The smallest absolute Gasteiger partial charge is 0.243 e. The molecule has 0 radical (unpaired) electrons. The van der Waals surface area contributed by atoms with Crippen LogP contribution < -0.4 is 21.5 Å². The Kier molecular flexibility index (Phi) is 6.21. The summed E-state index contributed by atoms with van der Waals surface area (Å²) in [7, 11) is 1.58. The number of hydrazine groups is 1. The maximum Gasteiger partial charge on any atom is 0.243 e. The third-order valence-corrected chi connectivity index (χ3v) is 6.47. The molecule has 0 saturated carbocycles. The predicted molar refractivity (Wildman–Crippen MR) is 117 cm³/mol. The molecule has 4 N–H and O–H groups in total. The van der Waals surface area contributed by atoms with Gasteiger partial charge in [0.2, 0.25) is 11.8 Å². The van der Waals surface area contributed by atoms with Crippen molar-refractivity contribution in [2.45, 2.75) is 17.8 Å². The van der Waals surface area contributed by atoms with E-state index in [0.29, 0.717) is 24.3 Å². The van der Waals surface area contributed by atoms with Crippen molar-refractivity contribution in [3.05, 3.63) is 59.4 Å². The lowest BCUT2D eigenvalue weighted by Gasteiger charge is -2.31. The van der Waals surface area contributed by atoms with Crippen molar-refractivity contribution in [3.8, 4) is 0 Å². The third-order valence-electron chi connectivity index (χ3n) is 5.28. The Hall–Kier alpha value is -2.62. The van der Waals surface area contributed by atoms with E-state index >= 15 is 0 Å². The van der Waals surface area contributed by atoms with Crippen LogP contribution in [0.3, 0.4) is 0 Å². The predicted octanol–water partition coefficient (Wildman–Crippen LogP) is 2.10. The van der Waals surface area contributed by atoms with E-state index in [1.807, 2.05) is 24.3 Å². The number of likely N-dealkylation sites (N-methyl/N-ethyl adjacent to an activating group) is 1. The summed E-state index contributed by atoms with van der Waals surface area (Å²) in [6.07, 6.45) is 0. The molecule has 0 spiro atoms. The second kappa shape index (κ2) is 9.03. The first-order chi connectivity index (χ1) is 14.5. The fourth-order valence-electron chi connectivity index (χ4n) is 3.67. The van der Waals surface area contributed by atoms with Crippen molar-refractivity contribution in [2.75, 3.05) is 36.6 Å². The number of carbonyl (C=O) groups excluding carboxylic acids is 2. The monoisotopic (exact) mass is 429 g/mol. The zero-order valence-electron chi connectivity index (χ0n) is 16.6. The summed E-state index contributed by atoms with van der Waals surface area (Å²) in [5, 5.41) is 5.35. The Labute approximate surface area is 178 Å². The lowest BCUT2D eigenvalue weighted by Crippen LogP contribution is -2.43. The van der Waals surface area contributed by atoms with Gasteiger partial charge in [0, 0.05) is 49.2 Å². The molecule has 9 heteroatoms.